The Morgan fingerprint density at radius 2 is 0.878 bits per heavy atom. The summed E-state index contributed by atoms with van der Waals surface area (Å²) in [6.45, 7) is 0. The maximum atomic E-state index is 9.27. The normalized spacial score (nSPS) is 14.4. The van der Waals surface area contributed by atoms with Crippen molar-refractivity contribution in [3.8, 4) is 67.5 Å². The van der Waals surface area contributed by atoms with Crippen molar-refractivity contribution < 1.29 is 19.5 Å². The zero-order chi connectivity index (χ0) is 42.1. The third-order valence-electron chi connectivity index (χ3n) is 8.23. The third kappa shape index (κ3) is 5.35. The van der Waals surface area contributed by atoms with Crippen molar-refractivity contribution >= 4 is 21.9 Å². The Labute approximate surface area is 299 Å². The number of hydrogen-bond donors (Lipinski definition) is 0. The molecule has 7 aromatic carbocycles. The summed E-state index contributed by atoms with van der Waals surface area (Å²) in [7, 11) is 0. The number of furan rings is 1. The zero-order valence-electron chi connectivity index (χ0n) is 36.6. The second kappa shape index (κ2) is 12.2. The van der Waals surface area contributed by atoms with E-state index in [0.29, 0.717) is 11.1 Å². The minimum Gasteiger partial charge on any atom is -0.455 e. The van der Waals surface area contributed by atoms with E-state index in [0.717, 1.165) is 22.3 Å². The Bertz CT molecular complexity index is 3060. The van der Waals surface area contributed by atoms with E-state index in [4.69, 9.17) is 33.1 Å². The summed E-state index contributed by atoms with van der Waals surface area (Å²) in [4.78, 5) is 14.6. The van der Waals surface area contributed by atoms with Gasteiger partial charge in [-0.05, 0) is 33.9 Å². The molecule has 2 heterocycles. The molecule has 4 heteroatoms. The first-order valence-corrected chi connectivity index (χ1v) is 15.5. The SMILES string of the molecule is [2H]c1c([2H])c([2H])c(-c2c([2H])c([2H])c([2H])c3c2oc2c([2H])c([2H])c([2H])c(-c4nc(-c5ccc(-c6ccccc6)cc5)nc(-c5ccc(-c6ccccc6)cc5)n4)c23)c([2H])c1[2H]. The molecule has 9 aromatic rings. The van der Waals surface area contributed by atoms with Crippen LogP contribution >= 0.6 is 0 Å². The van der Waals surface area contributed by atoms with Crippen LogP contribution in [0, 0.1) is 0 Å². The van der Waals surface area contributed by atoms with Gasteiger partial charge in [0.1, 0.15) is 11.2 Å². The van der Waals surface area contributed by atoms with Crippen LogP contribution in [-0.2, 0) is 0 Å². The topological polar surface area (TPSA) is 51.8 Å². The summed E-state index contributed by atoms with van der Waals surface area (Å²) in [5.41, 5.74) is 3.58. The Kier molecular flexibility index (Phi) is 4.78. The highest BCUT2D eigenvalue weighted by molar-refractivity contribution is 6.15. The lowest BCUT2D eigenvalue weighted by atomic mass is 10.0. The van der Waals surface area contributed by atoms with Gasteiger partial charge in [0.25, 0.3) is 0 Å². The molecule has 0 bridgehead atoms. The van der Waals surface area contributed by atoms with E-state index < -0.39 is 72.0 Å². The monoisotopic (exact) mass is 638 g/mol. The molecular formula is C45H29N3O. The van der Waals surface area contributed by atoms with Gasteiger partial charge in [-0.3, -0.25) is 0 Å². The Morgan fingerprint density at radius 1 is 0.388 bits per heavy atom. The molecule has 4 nitrogen and oxygen atoms in total. The average Bonchev–Trinajstić information content (AvgIpc) is 3.68. The van der Waals surface area contributed by atoms with Gasteiger partial charge in [0.05, 0.1) is 15.1 Å². The molecule has 0 aliphatic heterocycles. The third-order valence-corrected chi connectivity index (χ3v) is 8.23. The molecule has 2 aromatic heterocycles. The molecule has 49 heavy (non-hydrogen) atoms. The second-order valence-electron chi connectivity index (χ2n) is 11.2. The van der Waals surface area contributed by atoms with Gasteiger partial charge in [0.15, 0.2) is 17.5 Å². The van der Waals surface area contributed by atoms with Crippen LogP contribution in [0.1, 0.15) is 15.1 Å². The minimum absolute atomic E-state index is 0.0786. The van der Waals surface area contributed by atoms with Crippen molar-refractivity contribution in [2.24, 2.45) is 0 Å². The first kappa shape index (κ1) is 19.2. The molecule has 0 N–H and O–H groups in total. The minimum atomic E-state index is -0.682. The van der Waals surface area contributed by atoms with Crippen molar-refractivity contribution in [2.75, 3.05) is 0 Å². The van der Waals surface area contributed by atoms with Crippen LogP contribution < -0.4 is 0 Å². The van der Waals surface area contributed by atoms with Crippen LogP contribution in [0.5, 0.6) is 0 Å². The van der Waals surface area contributed by atoms with E-state index in [-0.39, 0.29) is 50.5 Å². The number of fused-ring (bicyclic) bond motifs is 3. The van der Waals surface area contributed by atoms with Crippen LogP contribution in [0.25, 0.3) is 89.5 Å². The molecule has 0 aliphatic rings. The van der Waals surface area contributed by atoms with Crippen LogP contribution in [0.2, 0.25) is 0 Å². The van der Waals surface area contributed by atoms with Crippen molar-refractivity contribution in [1.82, 2.24) is 15.0 Å². The zero-order valence-corrected chi connectivity index (χ0v) is 25.6. The van der Waals surface area contributed by atoms with E-state index in [1.54, 1.807) is 0 Å². The second-order valence-corrected chi connectivity index (χ2v) is 11.2. The fourth-order valence-corrected chi connectivity index (χ4v) is 5.83. The number of hydrogen-bond acceptors (Lipinski definition) is 4. The van der Waals surface area contributed by atoms with Crippen LogP contribution in [0.3, 0.4) is 0 Å². The van der Waals surface area contributed by atoms with Gasteiger partial charge in [-0.2, -0.15) is 0 Å². The predicted octanol–water partition coefficient (Wildman–Crippen LogP) is 11.8. The van der Waals surface area contributed by atoms with Gasteiger partial charge in [-0.15, -0.1) is 0 Å². The lowest BCUT2D eigenvalue weighted by Crippen LogP contribution is -2.00. The van der Waals surface area contributed by atoms with Crippen molar-refractivity contribution in [3.63, 3.8) is 0 Å². The van der Waals surface area contributed by atoms with Gasteiger partial charge < -0.3 is 4.42 Å². The molecule has 0 amide bonds. The number of benzene rings is 7. The number of aromatic nitrogens is 3. The molecule has 9 rings (SSSR count). The van der Waals surface area contributed by atoms with Gasteiger partial charge in [0.2, 0.25) is 0 Å². The van der Waals surface area contributed by atoms with Gasteiger partial charge >= 0.3 is 0 Å². The van der Waals surface area contributed by atoms with Gasteiger partial charge in [0, 0.05) is 33.0 Å². The van der Waals surface area contributed by atoms with E-state index in [1.165, 1.54) is 0 Å². The fourth-order valence-electron chi connectivity index (χ4n) is 5.83. The number of rotatable bonds is 6. The van der Waals surface area contributed by atoms with Crippen LogP contribution in [0.4, 0.5) is 0 Å². The van der Waals surface area contributed by atoms with Gasteiger partial charge in [-0.25, -0.2) is 15.0 Å². The van der Waals surface area contributed by atoms with E-state index >= 15 is 0 Å². The summed E-state index contributed by atoms with van der Waals surface area (Å²) >= 11 is 0. The summed E-state index contributed by atoms with van der Waals surface area (Å²) < 4.78 is 102. The summed E-state index contributed by atoms with van der Waals surface area (Å²) in [5, 5.41) is -0.252. The molecule has 0 saturated heterocycles. The molecule has 0 radical (unpaired) electrons. The molecule has 230 valence electrons. The lowest BCUT2D eigenvalue weighted by molar-refractivity contribution is 0.670. The first-order valence-electron chi connectivity index (χ1n) is 21.0. The van der Waals surface area contributed by atoms with Crippen LogP contribution in [-0.4, -0.2) is 15.0 Å². The lowest BCUT2D eigenvalue weighted by Gasteiger charge is -2.10. The summed E-state index contributed by atoms with van der Waals surface area (Å²) in [5.74, 6) is 0.318. The van der Waals surface area contributed by atoms with Crippen molar-refractivity contribution in [1.29, 1.82) is 0 Å². The molecule has 0 aliphatic carbocycles. The maximum absolute atomic E-state index is 9.27. The molecular weight excluding hydrogens is 599 g/mol. The highest BCUT2D eigenvalue weighted by Crippen LogP contribution is 2.40. The van der Waals surface area contributed by atoms with Gasteiger partial charge in [-0.1, -0.05) is 170 Å². The van der Waals surface area contributed by atoms with Crippen molar-refractivity contribution in [3.05, 3.63) is 176 Å². The smallest absolute Gasteiger partial charge is 0.164 e. The predicted molar refractivity (Wildman–Crippen MR) is 200 cm³/mol. The molecule has 0 atom stereocenters. The largest absolute Gasteiger partial charge is 0.455 e. The molecule has 0 spiro atoms. The summed E-state index contributed by atoms with van der Waals surface area (Å²) in [6.07, 6.45) is 0. The fraction of sp³-hybridized carbons (Fsp3) is 0. The average molecular weight is 639 g/mol. The Morgan fingerprint density at radius 3 is 1.47 bits per heavy atom. The van der Waals surface area contributed by atoms with Crippen LogP contribution in [0.15, 0.2) is 180 Å². The van der Waals surface area contributed by atoms with E-state index in [9.17, 15) is 1.37 Å². The van der Waals surface area contributed by atoms with E-state index in [2.05, 4.69) is 0 Å². The standard InChI is InChI=1S/C45H29N3O/c1-4-12-30(13-5-1)32-22-26-35(27-23-32)43-46-44(36-28-24-33(25-29-36)31-14-6-2-7-15-31)48-45(47-43)39-20-11-21-40-41(39)38-19-10-18-37(42(38)49-40)34-16-8-3-9-17-34/h1-29H/i3D,8D,9D,10D,11D,16D,17D,18D,19D,20D,21D. The number of nitrogens with zero attached hydrogens (tertiary/aromatic N) is 3. The Hall–Kier alpha value is -6.65. The molecule has 0 saturated carbocycles. The molecule has 0 fully saturated rings. The highest BCUT2D eigenvalue weighted by atomic mass is 16.3. The number of para-hydroxylation sites is 1. The maximum Gasteiger partial charge on any atom is 0.164 e. The Balaban J connectivity index is 1.34. The van der Waals surface area contributed by atoms with Crippen molar-refractivity contribution in [2.45, 2.75) is 0 Å². The summed E-state index contributed by atoms with van der Waals surface area (Å²) in [6, 6.07) is 28.0. The highest BCUT2D eigenvalue weighted by Gasteiger charge is 2.19. The first-order chi connectivity index (χ1) is 28.8. The quantitative estimate of drug-likeness (QED) is 0.182. The van der Waals surface area contributed by atoms with E-state index in [1.807, 2.05) is 109 Å². The molecule has 0 unspecified atom stereocenters.